The third-order valence-electron chi connectivity index (χ3n) is 4.84. The monoisotopic (exact) mass is 362 g/mol. The largest absolute Gasteiger partial charge is 0.507 e. The average Bonchev–Trinajstić information content (AvgIpc) is 2.71. The number of hydrogen-bond acceptors (Lipinski definition) is 6. The first-order chi connectivity index (χ1) is 13.2. The van der Waals surface area contributed by atoms with Crippen LogP contribution in [-0.2, 0) is 0 Å². The Morgan fingerprint density at radius 3 is 2.59 bits per heavy atom. The highest BCUT2D eigenvalue weighted by atomic mass is 16.5. The van der Waals surface area contributed by atoms with Crippen LogP contribution >= 0.6 is 0 Å². The summed E-state index contributed by atoms with van der Waals surface area (Å²) in [7, 11) is 0. The summed E-state index contributed by atoms with van der Waals surface area (Å²) in [6.07, 6.45) is 0.873. The van der Waals surface area contributed by atoms with Crippen molar-refractivity contribution in [2.75, 3.05) is 18.8 Å². The van der Waals surface area contributed by atoms with Crippen LogP contribution in [0.15, 0.2) is 60.7 Å². The number of para-hydroxylation sites is 1. The van der Waals surface area contributed by atoms with Gasteiger partial charge < -0.3 is 20.9 Å². The van der Waals surface area contributed by atoms with E-state index >= 15 is 0 Å². The number of anilines is 1. The Morgan fingerprint density at radius 2 is 1.78 bits per heavy atom. The molecule has 2 atom stereocenters. The quantitative estimate of drug-likeness (QED) is 0.661. The second-order valence-electron chi connectivity index (χ2n) is 6.74. The highest BCUT2D eigenvalue weighted by Gasteiger charge is 2.25. The van der Waals surface area contributed by atoms with E-state index in [0.717, 1.165) is 19.5 Å². The number of nitrogen functional groups attached to an aromatic ring is 1. The van der Waals surface area contributed by atoms with Gasteiger partial charge in [0.25, 0.3) is 0 Å². The minimum atomic E-state index is -0.0207. The van der Waals surface area contributed by atoms with Crippen molar-refractivity contribution in [2.24, 2.45) is 0 Å². The lowest BCUT2D eigenvalue weighted by Gasteiger charge is -2.31. The minimum Gasteiger partial charge on any atom is -0.507 e. The maximum Gasteiger partial charge on any atom is 0.188 e. The molecule has 138 valence electrons. The Bertz CT molecular complexity index is 917. The number of benzene rings is 2. The van der Waals surface area contributed by atoms with Gasteiger partial charge in [-0.2, -0.15) is 0 Å². The molecule has 6 nitrogen and oxygen atoms in total. The average molecular weight is 362 g/mol. The summed E-state index contributed by atoms with van der Waals surface area (Å²) in [5, 5.41) is 21.6. The molecular formula is C21H22N4O2. The second kappa shape index (κ2) is 7.63. The van der Waals surface area contributed by atoms with E-state index in [1.807, 2.05) is 12.1 Å². The van der Waals surface area contributed by atoms with E-state index < -0.39 is 0 Å². The molecule has 1 aliphatic rings. The standard InChI is InChI=1S/C21H22N4O2/c22-21-20(11-18(24-25-21)17-8-4-5-9-19(17)26)27-16-10-15(12-23-13-16)14-6-2-1-3-7-14/h1-9,11,15-16,23,26H,10,12-13H2,(H2,22,25)/t15-,16-/m1/s1. The molecule has 0 unspecified atom stereocenters. The number of piperidine rings is 1. The lowest BCUT2D eigenvalue weighted by Crippen LogP contribution is -2.41. The zero-order chi connectivity index (χ0) is 18.6. The van der Waals surface area contributed by atoms with Crippen molar-refractivity contribution in [2.45, 2.75) is 18.4 Å². The molecule has 0 saturated carbocycles. The first-order valence-electron chi connectivity index (χ1n) is 9.04. The molecular weight excluding hydrogens is 340 g/mol. The number of nitrogens with two attached hydrogens (primary N) is 1. The van der Waals surface area contributed by atoms with E-state index in [0.29, 0.717) is 22.9 Å². The number of phenols is 1. The minimum absolute atomic E-state index is 0.0207. The van der Waals surface area contributed by atoms with Crippen LogP contribution in [-0.4, -0.2) is 34.5 Å². The molecule has 1 saturated heterocycles. The summed E-state index contributed by atoms with van der Waals surface area (Å²) in [5.74, 6) is 1.27. The summed E-state index contributed by atoms with van der Waals surface area (Å²) in [6.45, 7) is 1.67. The Morgan fingerprint density at radius 1 is 1.00 bits per heavy atom. The van der Waals surface area contributed by atoms with Gasteiger partial charge in [0.1, 0.15) is 17.5 Å². The van der Waals surface area contributed by atoms with Crippen molar-refractivity contribution in [3.63, 3.8) is 0 Å². The molecule has 0 bridgehead atoms. The van der Waals surface area contributed by atoms with Crippen molar-refractivity contribution in [1.29, 1.82) is 0 Å². The third kappa shape index (κ3) is 3.85. The molecule has 0 aliphatic carbocycles. The molecule has 4 N–H and O–H groups in total. The van der Waals surface area contributed by atoms with Crippen molar-refractivity contribution in [3.05, 3.63) is 66.2 Å². The highest BCUT2D eigenvalue weighted by molar-refractivity contribution is 5.68. The van der Waals surface area contributed by atoms with Crippen LogP contribution < -0.4 is 15.8 Å². The van der Waals surface area contributed by atoms with Crippen LogP contribution in [0.5, 0.6) is 11.5 Å². The Labute approximate surface area is 158 Å². The Kier molecular flexibility index (Phi) is 4.89. The zero-order valence-corrected chi connectivity index (χ0v) is 14.9. The maximum absolute atomic E-state index is 10.1. The van der Waals surface area contributed by atoms with Crippen LogP contribution in [0.4, 0.5) is 5.82 Å². The smallest absolute Gasteiger partial charge is 0.188 e. The molecule has 2 aromatic carbocycles. The van der Waals surface area contributed by atoms with Crippen LogP contribution in [0.1, 0.15) is 17.9 Å². The highest BCUT2D eigenvalue weighted by Crippen LogP contribution is 2.32. The first kappa shape index (κ1) is 17.3. The molecule has 0 spiro atoms. The van der Waals surface area contributed by atoms with Gasteiger partial charge in [-0.15, -0.1) is 10.2 Å². The zero-order valence-electron chi connectivity index (χ0n) is 14.9. The number of aromatic nitrogens is 2. The van der Waals surface area contributed by atoms with Gasteiger partial charge in [0, 0.05) is 24.7 Å². The topological polar surface area (TPSA) is 93.3 Å². The summed E-state index contributed by atoms with van der Waals surface area (Å²) >= 11 is 0. The van der Waals surface area contributed by atoms with Crippen LogP contribution in [0.2, 0.25) is 0 Å². The summed E-state index contributed by atoms with van der Waals surface area (Å²) in [6, 6.07) is 19.2. The number of nitrogens with one attached hydrogen (secondary N) is 1. The van der Waals surface area contributed by atoms with E-state index in [-0.39, 0.29) is 17.7 Å². The lowest BCUT2D eigenvalue weighted by molar-refractivity contribution is 0.156. The normalized spacial score (nSPS) is 19.6. The number of ether oxygens (including phenoxy) is 1. The number of rotatable bonds is 4. The van der Waals surface area contributed by atoms with Crippen molar-refractivity contribution >= 4 is 5.82 Å². The van der Waals surface area contributed by atoms with Gasteiger partial charge in [0.15, 0.2) is 11.6 Å². The molecule has 1 aromatic heterocycles. The molecule has 3 aromatic rings. The maximum atomic E-state index is 10.1. The van der Waals surface area contributed by atoms with Crippen LogP contribution in [0.25, 0.3) is 11.3 Å². The number of phenolic OH excluding ortho intramolecular Hbond substituents is 1. The van der Waals surface area contributed by atoms with E-state index in [9.17, 15) is 5.11 Å². The van der Waals surface area contributed by atoms with Crippen LogP contribution in [0.3, 0.4) is 0 Å². The number of hydrogen-bond donors (Lipinski definition) is 3. The summed E-state index contributed by atoms with van der Waals surface area (Å²) in [5.41, 5.74) is 8.41. The van der Waals surface area contributed by atoms with Gasteiger partial charge in [-0.05, 0) is 30.0 Å². The van der Waals surface area contributed by atoms with E-state index in [2.05, 4.69) is 39.8 Å². The third-order valence-corrected chi connectivity index (χ3v) is 4.84. The van der Waals surface area contributed by atoms with Crippen molar-refractivity contribution in [3.8, 4) is 22.8 Å². The molecule has 1 fully saturated rings. The van der Waals surface area contributed by atoms with Crippen LogP contribution in [0, 0.1) is 0 Å². The molecule has 4 rings (SSSR count). The fraction of sp³-hybridized carbons (Fsp3) is 0.238. The van der Waals surface area contributed by atoms with E-state index in [1.165, 1.54) is 5.56 Å². The van der Waals surface area contributed by atoms with Crippen molar-refractivity contribution in [1.82, 2.24) is 15.5 Å². The fourth-order valence-electron chi connectivity index (χ4n) is 3.45. The second-order valence-corrected chi connectivity index (χ2v) is 6.74. The van der Waals surface area contributed by atoms with Gasteiger partial charge in [0.2, 0.25) is 0 Å². The Balaban J connectivity index is 1.54. The predicted molar refractivity (Wildman–Crippen MR) is 105 cm³/mol. The van der Waals surface area contributed by atoms with Gasteiger partial charge >= 0.3 is 0 Å². The number of aromatic hydroxyl groups is 1. The predicted octanol–water partition coefficient (Wildman–Crippen LogP) is 2.96. The lowest BCUT2D eigenvalue weighted by atomic mass is 9.90. The van der Waals surface area contributed by atoms with E-state index in [4.69, 9.17) is 10.5 Å². The summed E-state index contributed by atoms with van der Waals surface area (Å²) < 4.78 is 6.17. The van der Waals surface area contributed by atoms with Gasteiger partial charge in [-0.25, -0.2) is 0 Å². The van der Waals surface area contributed by atoms with Gasteiger partial charge in [-0.1, -0.05) is 42.5 Å². The SMILES string of the molecule is Nc1nnc(-c2ccccc2O)cc1O[C@H]1CNC[C@H](c2ccccc2)C1. The van der Waals surface area contributed by atoms with Gasteiger partial charge in [-0.3, -0.25) is 0 Å². The Hall–Kier alpha value is -3.12. The molecule has 0 amide bonds. The molecule has 2 heterocycles. The first-order valence-corrected chi connectivity index (χ1v) is 9.04. The van der Waals surface area contributed by atoms with Gasteiger partial charge in [0.05, 0.1) is 0 Å². The molecule has 27 heavy (non-hydrogen) atoms. The molecule has 1 aliphatic heterocycles. The molecule has 0 radical (unpaired) electrons. The summed E-state index contributed by atoms with van der Waals surface area (Å²) in [4.78, 5) is 0. The number of nitrogens with zero attached hydrogens (tertiary/aromatic N) is 2. The van der Waals surface area contributed by atoms with E-state index in [1.54, 1.807) is 24.3 Å². The van der Waals surface area contributed by atoms with Crippen molar-refractivity contribution < 1.29 is 9.84 Å². The molecule has 6 heteroatoms. The fourth-order valence-corrected chi connectivity index (χ4v) is 3.45.